The van der Waals surface area contributed by atoms with Crippen LogP contribution in [0.1, 0.15) is 40.9 Å². The predicted molar refractivity (Wildman–Crippen MR) is 80.9 cm³/mol. The maximum absolute atomic E-state index is 5.85. The van der Waals surface area contributed by atoms with Crippen LogP contribution < -0.4 is 16.0 Å². The van der Waals surface area contributed by atoms with Gasteiger partial charge in [0.05, 0.1) is 18.0 Å². The van der Waals surface area contributed by atoms with Crippen molar-refractivity contribution in [1.29, 1.82) is 0 Å². The van der Waals surface area contributed by atoms with Crippen LogP contribution in [0.4, 0.5) is 0 Å². The molecule has 1 aliphatic rings. The van der Waals surface area contributed by atoms with Crippen molar-refractivity contribution in [1.82, 2.24) is 10.4 Å². The number of thiophene rings is 1. The van der Waals surface area contributed by atoms with E-state index < -0.39 is 0 Å². The Bertz CT molecular complexity index is 584. The second-order valence-corrected chi connectivity index (χ2v) is 5.99. The average Bonchev–Trinajstić information content (AvgIpc) is 2.97. The van der Waals surface area contributed by atoms with Gasteiger partial charge in [-0.1, -0.05) is 6.07 Å². The molecule has 2 aromatic heterocycles. The van der Waals surface area contributed by atoms with Crippen molar-refractivity contribution in [3.05, 3.63) is 45.9 Å². The SMILES string of the molecule is COc1ccsc1C(NN)C1CCCc2cccnc21. The lowest BCUT2D eigenvalue weighted by Crippen LogP contribution is -2.34. The van der Waals surface area contributed by atoms with E-state index in [1.54, 1.807) is 18.4 Å². The van der Waals surface area contributed by atoms with Crippen molar-refractivity contribution in [3.63, 3.8) is 0 Å². The van der Waals surface area contributed by atoms with Gasteiger partial charge in [-0.15, -0.1) is 11.3 Å². The van der Waals surface area contributed by atoms with Gasteiger partial charge in [0.1, 0.15) is 5.75 Å². The number of rotatable bonds is 4. The Hall–Kier alpha value is -1.43. The van der Waals surface area contributed by atoms with Crippen molar-refractivity contribution in [2.45, 2.75) is 31.2 Å². The summed E-state index contributed by atoms with van der Waals surface area (Å²) in [4.78, 5) is 5.75. The maximum Gasteiger partial charge on any atom is 0.134 e. The van der Waals surface area contributed by atoms with Crippen LogP contribution in [0, 0.1) is 0 Å². The maximum atomic E-state index is 5.85. The molecule has 0 aromatic carbocycles. The zero-order valence-corrected chi connectivity index (χ0v) is 12.3. The fraction of sp³-hybridized carbons (Fsp3) is 0.400. The molecule has 3 N–H and O–H groups in total. The molecule has 20 heavy (non-hydrogen) atoms. The van der Waals surface area contributed by atoms with E-state index >= 15 is 0 Å². The average molecular weight is 289 g/mol. The van der Waals surface area contributed by atoms with E-state index in [0.717, 1.165) is 23.5 Å². The number of methoxy groups -OCH3 is 1. The van der Waals surface area contributed by atoms with Gasteiger partial charge in [-0.25, -0.2) is 0 Å². The lowest BCUT2D eigenvalue weighted by molar-refractivity contribution is 0.373. The first kappa shape index (κ1) is 13.5. The van der Waals surface area contributed by atoms with Crippen molar-refractivity contribution in [2.24, 2.45) is 5.84 Å². The Morgan fingerprint density at radius 2 is 2.40 bits per heavy atom. The van der Waals surface area contributed by atoms with Crippen molar-refractivity contribution < 1.29 is 4.74 Å². The minimum Gasteiger partial charge on any atom is -0.496 e. The molecule has 4 nitrogen and oxygen atoms in total. The highest BCUT2D eigenvalue weighted by Crippen LogP contribution is 2.43. The van der Waals surface area contributed by atoms with E-state index in [2.05, 4.69) is 16.5 Å². The summed E-state index contributed by atoms with van der Waals surface area (Å²) in [7, 11) is 1.70. The van der Waals surface area contributed by atoms with Crippen LogP contribution in [-0.4, -0.2) is 12.1 Å². The number of nitrogens with zero attached hydrogens (tertiary/aromatic N) is 1. The number of aromatic nitrogens is 1. The molecular weight excluding hydrogens is 270 g/mol. The fourth-order valence-corrected chi connectivity index (χ4v) is 4.03. The lowest BCUT2D eigenvalue weighted by Gasteiger charge is -2.30. The van der Waals surface area contributed by atoms with Gasteiger partial charge in [-0.2, -0.15) is 0 Å². The molecule has 0 saturated heterocycles. The number of ether oxygens (including phenoxy) is 1. The van der Waals surface area contributed by atoms with Crippen LogP contribution in [0.3, 0.4) is 0 Å². The van der Waals surface area contributed by atoms with Crippen molar-refractivity contribution in [3.8, 4) is 5.75 Å². The molecule has 0 fully saturated rings. The minimum absolute atomic E-state index is 0.0545. The molecule has 0 amide bonds. The fourth-order valence-electron chi connectivity index (χ4n) is 3.05. The van der Waals surface area contributed by atoms with E-state index in [1.165, 1.54) is 17.7 Å². The number of nitrogens with one attached hydrogen (secondary N) is 1. The number of hydrazine groups is 1. The summed E-state index contributed by atoms with van der Waals surface area (Å²) in [5, 5.41) is 2.04. The second-order valence-electron chi connectivity index (χ2n) is 5.04. The van der Waals surface area contributed by atoms with Gasteiger partial charge in [0.2, 0.25) is 0 Å². The zero-order chi connectivity index (χ0) is 13.9. The predicted octanol–water partition coefficient (Wildman–Crippen LogP) is 2.78. The zero-order valence-electron chi connectivity index (χ0n) is 11.5. The van der Waals surface area contributed by atoms with Crippen LogP contribution in [0.15, 0.2) is 29.8 Å². The number of fused-ring (bicyclic) bond motifs is 1. The number of hydrogen-bond donors (Lipinski definition) is 2. The lowest BCUT2D eigenvalue weighted by atomic mass is 9.81. The molecule has 0 aliphatic heterocycles. The Morgan fingerprint density at radius 1 is 1.50 bits per heavy atom. The van der Waals surface area contributed by atoms with E-state index in [4.69, 9.17) is 10.6 Å². The molecule has 2 unspecified atom stereocenters. The first-order chi connectivity index (χ1) is 9.85. The molecule has 1 aliphatic carbocycles. The standard InChI is InChI=1S/C15H19N3OS/c1-19-12-7-9-20-15(12)14(18-16)11-6-2-4-10-5-3-8-17-13(10)11/h3,5,7-9,11,14,18H,2,4,6,16H2,1H3. The van der Waals surface area contributed by atoms with Crippen molar-refractivity contribution >= 4 is 11.3 Å². The topological polar surface area (TPSA) is 60.2 Å². The number of nitrogens with two attached hydrogens (primary N) is 1. The summed E-state index contributed by atoms with van der Waals surface area (Å²) in [6.45, 7) is 0. The summed E-state index contributed by atoms with van der Waals surface area (Å²) >= 11 is 1.68. The molecule has 0 spiro atoms. The third kappa shape index (κ3) is 2.32. The summed E-state index contributed by atoms with van der Waals surface area (Å²) in [6, 6.07) is 6.23. The van der Waals surface area contributed by atoms with Gasteiger partial charge in [0.15, 0.2) is 0 Å². The molecule has 0 bridgehead atoms. The van der Waals surface area contributed by atoms with Crippen LogP contribution in [0.5, 0.6) is 5.75 Å². The van der Waals surface area contributed by atoms with Crippen LogP contribution in [0.25, 0.3) is 0 Å². The summed E-state index contributed by atoms with van der Waals surface area (Å²) < 4.78 is 5.44. The highest BCUT2D eigenvalue weighted by Gasteiger charge is 2.31. The molecular formula is C15H19N3OS. The molecule has 0 radical (unpaired) electrons. The van der Waals surface area contributed by atoms with Gasteiger partial charge in [0.25, 0.3) is 0 Å². The Labute approximate surface area is 123 Å². The largest absolute Gasteiger partial charge is 0.496 e. The highest BCUT2D eigenvalue weighted by molar-refractivity contribution is 7.10. The number of hydrogen-bond acceptors (Lipinski definition) is 5. The summed E-state index contributed by atoms with van der Waals surface area (Å²) in [6.07, 6.45) is 5.25. The summed E-state index contributed by atoms with van der Waals surface area (Å²) in [5.74, 6) is 7.06. The van der Waals surface area contributed by atoms with Crippen molar-refractivity contribution in [2.75, 3.05) is 7.11 Å². The first-order valence-corrected chi connectivity index (χ1v) is 7.74. The quantitative estimate of drug-likeness (QED) is 0.671. The van der Waals surface area contributed by atoms with E-state index in [-0.39, 0.29) is 6.04 Å². The van der Waals surface area contributed by atoms with Gasteiger partial charge < -0.3 is 4.74 Å². The van der Waals surface area contributed by atoms with E-state index in [1.807, 2.05) is 23.7 Å². The Balaban J connectivity index is 1.99. The molecule has 0 saturated carbocycles. The second kappa shape index (κ2) is 5.91. The highest BCUT2D eigenvalue weighted by atomic mass is 32.1. The van der Waals surface area contributed by atoms with Gasteiger partial charge >= 0.3 is 0 Å². The number of pyridine rings is 1. The smallest absolute Gasteiger partial charge is 0.134 e. The van der Waals surface area contributed by atoms with Gasteiger partial charge in [-0.3, -0.25) is 16.3 Å². The van der Waals surface area contributed by atoms with Crippen LogP contribution in [0.2, 0.25) is 0 Å². The molecule has 3 rings (SSSR count). The van der Waals surface area contributed by atoms with Crippen LogP contribution >= 0.6 is 11.3 Å². The monoisotopic (exact) mass is 289 g/mol. The minimum atomic E-state index is 0.0545. The molecule has 2 atom stereocenters. The normalized spacial score (nSPS) is 19.4. The Kier molecular flexibility index (Phi) is 4.00. The van der Waals surface area contributed by atoms with E-state index in [9.17, 15) is 0 Å². The Morgan fingerprint density at radius 3 is 3.20 bits per heavy atom. The van der Waals surface area contributed by atoms with Gasteiger partial charge in [-0.05, 0) is 42.3 Å². The van der Waals surface area contributed by atoms with Crippen LogP contribution in [-0.2, 0) is 6.42 Å². The molecule has 5 heteroatoms. The first-order valence-electron chi connectivity index (χ1n) is 6.86. The third-order valence-electron chi connectivity index (χ3n) is 3.98. The summed E-state index contributed by atoms with van der Waals surface area (Å²) in [5.41, 5.74) is 5.50. The molecule has 2 aromatic rings. The molecule has 2 heterocycles. The van der Waals surface area contributed by atoms with Gasteiger partial charge in [0, 0.05) is 17.8 Å². The number of aryl methyl sites for hydroxylation is 1. The van der Waals surface area contributed by atoms with E-state index in [0.29, 0.717) is 5.92 Å². The third-order valence-corrected chi connectivity index (χ3v) is 4.96. The molecule has 106 valence electrons.